The van der Waals surface area contributed by atoms with Gasteiger partial charge in [0.05, 0.1) is 18.4 Å². The van der Waals surface area contributed by atoms with E-state index >= 15 is 0 Å². The zero-order valence-electron chi connectivity index (χ0n) is 16.1. The minimum Gasteiger partial charge on any atom is -0.496 e. The molecule has 3 rings (SSSR count). The van der Waals surface area contributed by atoms with Gasteiger partial charge >= 0.3 is 0 Å². The number of aromatic nitrogens is 3. The van der Waals surface area contributed by atoms with Gasteiger partial charge in [0, 0.05) is 13.1 Å². The van der Waals surface area contributed by atoms with Crippen LogP contribution >= 0.6 is 11.8 Å². The van der Waals surface area contributed by atoms with Crippen LogP contribution in [0.25, 0.3) is 11.4 Å². The monoisotopic (exact) mass is 396 g/mol. The Hall–Kier alpha value is -2.80. The molecule has 2 aromatic carbocycles. The lowest BCUT2D eigenvalue weighted by Crippen LogP contribution is -2.27. The van der Waals surface area contributed by atoms with Crippen molar-refractivity contribution < 1.29 is 9.53 Å². The number of ether oxygens (including phenoxy) is 1. The van der Waals surface area contributed by atoms with Gasteiger partial charge in [-0.05, 0) is 31.0 Å². The number of benzene rings is 2. The molecule has 1 amide bonds. The Morgan fingerprint density at radius 3 is 2.61 bits per heavy atom. The van der Waals surface area contributed by atoms with E-state index in [4.69, 9.17) is 4.74 Å². The van der Waals surface area contributed by atoms with E-state index in [0.29, 0.717) is 18.8 Å². The summed E-state index contributed by atoms with van der Waals surface area (Å²) < 4.78 is 7.44. The highest BCUT2D eigenvalue weighted by Crippen LogP contribution is 2.30. The molecule has 146 valence electrons. The van der Waals surface area contributed by atoms with Gasteiger partial charge in [0.2, 0.25) is 5.91 Å². The van der Waals surface area contributed by atoms with Crippen LogP contribution in [0, 0.1) is 0 Å². The van der Waals surface area contributed by atoms with Crippen molar-refractivity contribution in [3.63, 3.8) is 0 Å². The van der Waals surface area contributed by atoms with Gasteiger partial charge in [-0.25, -0.2) is 0 Å². The van der Waals surface area contributed by atoms with Crippen molar-refractivity contribution in [3.05, 3.63) is 60.2 Å². The fraction of sp³-hybridized carbons (Fsp3) is 0.286. The molecule has 0 bridgehead atoms. The standard InChI is InChI=1S/C21H24N4O2S/c1-3-25-20(17-11-7-8-12-18(17)27-2)23-24-21(25)28-15-19(26)22-14-13-16-9-5-4-6-10-16/h4-12H,3,13-15H2,1-2H3,(H,22,26). The van der Waals surface area contributed by atoms with Crippen molar-refractivity contribution in [3.8, 4) is 17.1 Å². The summed E-state index contributed by atoms with van der Waals surface area (Å²) in [6.07, 6.45) is 0.820. The Labute approximate surface area is 169 Å². The van der Waals surface area contributed by atoms with Crippen LogP contribution in [-0.2, 0) is 17.8 Å². The minimum absolute atomic E-state index is 0.00886. The van der Waals surface area contributed by atoms with Gasteiger partial charge in [-0.15, -0.1) is 10.2 Å². The number of hydrogen-bond acceptors (Lipinski definition) is 5. The van der Waals surface area contributed by atoms with Crippen molar-refractivity contribution in [1.29, 1.82) is 0 Å². The maximum Gasteiger partial charge on any atom is 0.230 e. The Balaban J connectivity index is 1.59. The minimum atomic E-state index is -0.00886. The molecule has 0 spiro atoms. The molecule has 1 N–H and O–H groups in total. The van der Waals surface area contributed by atoms with E-state index < -0.39 is 0 Å². The molecule has 6 nitrogen and oxygen atoms in total. The number of amides is 1. The molecular formula is C21H24N4O2S. The first-order valence-corrected chi connectivity index (χ1v) is 10.2. The number of nitrogens with zero attached hydrogens (tertiary/aromatic N) is 3. The molecule has 0 aliphatic heterocycles. The smallest absolute Gasteiger partial charge is 0.230 e. The maximum absolute atomic E-state index is 12.2. The number of methoxy groups -OCH3 is 1. The number of nitrogens with one attached hydrogen (secondary N) is 1. The third-order valence-electron chi connectivity index (χ3n) is 4.29. The number of carbonyl (C=O) groups excluding carboxylic acids is 1. The highest BCUT2D eigenvalue weighted by molar-refractivity contribution is 7.99. The molecule has 0 fully saturated rings. The lowest BCUT2D eigenvalue weighted by Gasteiger charge is -2.10. The fourth-order valence-electron chi connectivity index (χ4n) is 2.88. The molecule has 1 heterocycles. The van der Waals surface area contributed by atoms with E-state index in [-0.39, 0.29) is 5.91 Å². The Morgan fingerprint density at radius 2 is 1.86 bits per heavy atom. The molecule has 0 aliphatic carbocycles. The lowest BCUT2D eigenvalue weighted by atomic mass is 10.1. The number of carbonyl (C=O) groups is 1. The summed E-state index contributed by atoms with van der Waals surface area (Å²) in [5, 5.41) is 12.3. The summed E-state index contributed by atoms with van der Waals surface area (Å²) in [7, 11) is 1.64. The SMILES string of the molecule is CCn1c(SCC(=O)NCCc2ccccc2)nnc1-c1ccccc1OC. The summed E-state index contributed by atoms with van der Waals surface area (Å²) in [5.41, 5.74) is 2.10. The summed E-state index contributed by atoms with van der Waals surface area (Å²) >= 11 is 1.39. The van der Waals surface area contributed by atoms with Crippen LogP contribution in [0.3, 0.4) is 0 Å². The van der Waals surface area contributed by atoms with E-state index in [1.54, 1.807) is 7.11 Å². The zero-order valence-corrected chi connectivity index (χ0v) is 16.9. The average molecular weight is 397 g/mol. The number of thioether (sulfide) groups is 1. The van der Waals surface area contributed by atoms with Crippen molar-refractivity contribution in [1.82, 2.24) is 20.1 Å². The molecule has 0 saturated heterocycles. The topological polar surface area (TPSA) is 69.0 Å². The van der Waals surface area contributed by atoms with Crippen LogP contribution in [0.2, 0.25) is 0 Å². The predicted molar refractivity (Wildman–Crippen MR) is 112 cm³/mol. The molecular weight excluding hydrogens is 372 g/mol. The zero-order chi connectivity index (χ0) is 19.8. The van der Waals surface area contributed by atoms with E-state index in [1.165, 1.54) is 17.3 Å². The highest BCUT2D eigenvalue weighted by atomic mass is 32.2. The van der Waals surface area contributed by atoms with Crippen LogP contribution in [-0.4, -0.2) is 40.1 Å². The second-order valence-electron chi connectivity index (χ2n) is 6.12. The summed E-state index contributed by atoms with van der Waals surface area (Å²) in [4.78, 5) is 12.2. The Bertz CT molecular complexity index is 912. The maximum atomic E-state index is 12.2. The molecule has 28 heavy (non-hydrogen) atoms. The molecule has 7 heteroatoms. The van der Waals surface area contributed by atoms with Gasteiger partial charge in [0.25, 0.3) is 0 Å². The average Bonchev–Trinajstić information content (AvgIpc) is 3.15. The Kier molecular flexibility index (Phi) is 7.08. The van der Waals surface area contributed by atoms with Crippen molar-refractivity contribution >= 4 is 17.7 Å². The summed E-state index contributed by atoms with van der Waals surface area (Å²) in [5.74, 6) is 1.79. The molecule has 3 aromatic rings. The van der Waals surface area contributed by atoms with Crippen molar-refractivity contribution in [2.75, 3.05) is 19.4 Å². The van der Waals surface area contributed by atoms with Gasteiger partial charge in [0.15, 0.2) is 11.0 Å². The first-order valence-electron chi connectivity index (χ1n) is 9.23. The summed E-state index contributed by atoms with van der Waals surface area (Å²) in [6, 6.07) is 17.8. The first-order chi connectivity index (χ1) is 13.7. The third kappa shape index (κ3) is 4.92. The normalized spacial score (nSPS) is 10.6. The van der Waals surface area contributed by atoms with Gasteiger partial charge in [-0.1, -0.05) is 54.2 Å². The van der Waals surface area contributed by atoms with Crippen LogP contribution < -0.4 is 10.1 Å². The van der Waals surface area contributed by atoms with Gasteiger partial charge in [0.1, 0.15) is 5.75 Å². The first kappa shape index (κ1) is 19.9. The highest BCUT2D eigenvalue weighted by Gasteiger charge is 2.17. The second kappa shape index (κ2) is 9.94. The van der Waals surface area contributed by atoms with Crippen molar-refractivity contribution in [2.45, 2.75) is 25.0 Å². The molecule has 0 radical (unpaired) electrons. The van der Waals surface area contributed by atoms with E-state index in [1.807, 2.05) is 54.0 Å². The van der Waals surface area contributed by atoms with Crippen LogP contribution in [0.15, 0.2) is 59.8 Å². The van der Waals surface area contributed by atoms with Gasteiger partial charge in [-0.2, -0.15) is 0 Å². The second-order valence-corrected chi connectivity index (χ2v) is 7.07. The molecule has 1 aromatic heterocycles. The van der Waals surface area contributed by atoms with Crippen LogP contribution in [0.5, 0.6) is 5.75 Å². The van der Waals surface area contributed by atoms with Gasteiger partial charge < -0.3 is 14.6 Å². The predicted octanol–water partition coefficient (Wildman–Crippen LogP) is 3.42. The van der Waals surface area contributed by atoms with Crippen LogP contribution in [0.4, 0.5) is 0 Å². The molecule has 0 saturated carbocycles. The number of hydrogen-bond donors (Lipinski definition) is 1. The number of rotatable bonds is 9. The van der Waals surface area contributed by atoms with E-state index in [9.17, 15) is 4.79 Å². The molecule has 0 aliphatic rings. The number of para-hydroxylation sites is 1. The van der Waals surface area contributed by atoms with E-state index in [2.05, 4.69) is 27.6 Å². The third-order valence-corrected chi connectivity index (χ3v) is 5.26. The summed E-state index contributed by atoms with van der Waals surface area (Å²) in [6.45, 7) is 3.36. The quantitative estimate of drug-likeness (QED) is 0.561. The Morgan fingerprint density at radius 1 is 1.11 bits per heavy atom. The van der Waals surface area contributed by atoms with Crippen molar-refractivity contribution in [2.24, 2.45) is 0 Å². The van der Waals surface area contributed by atoms with Gasteiger partial charge in [-0.3, -0.25) is 4.79 Å². The lowest BCUT2D eigenvalue weighted by molar-refractivity contribution is -0.118. The van der Waals surface area contributed by atoms with Crippen LogP contribution in [0.1, 0.15) is 12.5 Å². The molecule has 0 unspecified atom stereocenters. The molecule has 0 atom stereocenters. The largest absolute Gasteiger partial charge is 0.496 e. The fourth-order valence-corrected chi connectivity index (χ4v) is 3.71. The van der Waals surface area contributed by atoms with E-state index in [0.717, 1.165) is 28.7 Å².